The first kappa shape index (κ1) is 17.0. The highest BCUT2D eigenvalue weighted by Gasteiger charge is 2.33. The van der Waals surface area contributed by atoms with E-state index in [1.54, 1.807) is 18.2 Å². The van der Waals surface area contributed by atoms with Crippen LogP contribution in [-0.2, 0) is 17.9 Å². The van der Waals surface area contributed by atoms with Crippen molar-refractivity contribution in [2.45, 2.75) is 26.1 Å². The molecule has 3 rings (SSSR count). The molecule has 0 fully saturated rings. The van der Waals surface area contributed by atoms with Gasteiger partial charge in [0.15, 0.2) is 0 Å². The highest BCUT2D eigenvalue weighted by Crippen LogP contribution is 2.24. The van der Waals surface area contributed by atoms with Crippen LogP contribution in [0.25, 0.3) is 0 Å². The van der Waals surface area contributed by atoms with Crippen LogP contribution >= 0.6 is 23.2 Å². The summed E-state index contributed by atoms with van der Waals surface area (Å²) in [6, 6.07) is 4.31. The van der Waals surface area contributed by atoms with Crippen LogP contribution in [0.4, 0.5) is 0 Å². The third-order valence-corrected chi connectivity index (χ3v) is 4.36. The predicted molar refractivity (Wildman–Crippen MR) is 88.5 cm³/mol. The van der Waals surface area contributed by atoms with E-state index >= 15 is 0 Å². The third-order valence-electron chi connectivity index (χ3n) is 3.92. The van der Waals surface area contributed by atoms with Crippen molar-refractivity contribution in [3.63, 3.8) is 0 Å². The van der Waals surface area contributed by atoms with Gasteiger partial charge in [-0.3, -0.25) is 9.69 Å². The first-order valence-electron chi connectivity index (χ1n) is 7.38. The number of carbonyl (C=O) groups is 1. The van der Waals surface area contributed by atoms with E-state index in [9.17, 15) is 9.90 Å². The topological polar surface area (TPSA) is 80.5 Å². The molecule has 1 unspecified atom stereocenters. The number of aromatic nitrogens is 3. The van der Waals surface area contributed by atoms with Crippen molar-refractivity contribution in [2.75, 3.05) is 13.2 Å². The molecule has 0 bridgehead atoms. The second kappa shape index (κ2) is 6.96. The summed E-state index contributed by atoms with van der Waals surface area (Å²) >= 11 is 11.9. The minimum atomic E-state index is -0.875. The van der Waals surface area contributed by atoms with E-state index in [0.717, 1.165) is 11.6 Å². The SMILES string of the molecule is Cc1nnc2n1CC(C(=O)O)N(CCOc1cc(Cl)cc(Cl)c1)C2. The zero-order valence-electron chi connectivity index (χ0n) is 12.9. The Hall–Kier alpha value is -1.83. The molecule has 0 spiro atoms. The molecule has 1 aliphatic heterocycles. The second-order valence-electron chi connectivity index (χ2n) is 5.55. The van der Waals surface area contributed by atoms with Crippen LogP contribution < -0.4 is 4.74 Å². The molecule has 0 saturated carbocycles. The Balaban J connectivity index is 1.66. The number of hydrogen-bond acceptors (Lipinski definition) is 5. The molecule has 0 aliphatic carbocycles. The maximum Gasteiger partial charge on any atom is 0.322 e. The molecule has 2 aromatic rings. The van der Waals surface area contributed by atoms with Gasteiger partial charge in [0.05, 0.1) is 13.1 Å². The molecule has 24 heavy (non-hydrogen) atoms. The van der Waals surface area contributed by atoms with Crippen LogP contribution in [0, 0.1) is 6.92 Å². The average molecular weight is 371 g/mol. The number of ether oxygens (including phenoxy) is 1. The van der Waals surface area contributed by atoms with Gasteiger partial charge in [0.25, 0.3) is 0 Å². The second-order valence-corrected chi connectivity index (χ2v) is 6.43. The molecule has 128 valence electrons. The van der Waals surface area contributed by atoms with Crippen molar-refractivity contribution < 1.29 is 14.6 Å². The Morgan fingerprint density at radius 2 is 2.04 bits per heavy atom. The van der Waals surface area contributed by atoms with E-state index < -0.39 is 12.0 Å². The van der Waals surface area contributed by atoms with Gasteiger partial charge in [-0.1, -0.05) is 23.2 Å². The Morgan fingerprint density at radius 3 is 2.71 bits per heavy atom. The van der Waals surface area contributed by atoms with Crippen molar-refractivity contribution in [2.24, 2.45) is 0 Å². The van der Waals surface area contributed by atoms with Crippen LogP contribution in [0.1, 0.15) is 11.6 Å². The molecular formula is C15H16Cl2N4O3. The standard InChI is InChI=1S/C15H16Cl2N4O3/c1-9-18-19-14-8-20(13(15(22)23)7-21(9)14)2-3-24-12-5-10(16)4-11(17)6-12/h4-6,13H,2-3,7-8H2,1H3,(H,22,23). The zero-order chi connectivity index (χ0) is 17.3. The Kier molecular flexibility index (Phi) is 4.93. The summed E-state index contributed by atoms with van der Waals surface area (Å²) in [4.78, 5) is 13.4. The van der Waals surface area contributed by atoms with E-state index in [0.29, 0.717) is 42.0 Å². The lowest BCUT2D eigenvalue weighted by molar-refractivity contribution is -0.145. The largest absolute Gasteiger partial charge is 0.492 e. The fraction of sp³-hybridized carbons (Fsp3) is 0.400. The zero-order valence-corrected chi connectivity index (χ0v) is 14.5. The summed E-state index contributed by atoms with van der Waals surface area (Å²) in [6.07, 6.45) is 0. The van der Waals surface area contributed by atoms with Gasteiger partial charge in [-0.05, 0) is 25.1 Å². The van der Waals surface area contributed by atoms with Crippen molar-refractivity contribution in [3.8, 4) is 5.75 Å². The van der Waals surface area contributed by atoms with Gasteiger partial charge in [0.2, 0.25) is 0 Å². The first-order chi connectivity index (χ1) is 11.4. The molecule has 1 N–H and O–H groups in total. The molecule has 9 heteroatoms. The van der Waals surface area contributed by atoms with Gasteiger partial charge < -0.3 is 14.4 Å². The molecular weight excluding hydrogens is 355 g/mol. The number of fused-ring (bicyclic) bond motifs is 1. The average Bonchev–Trinajstić information content (AvgIpc) is 2.86. The number of aliphatic carboxylic acids is 1. The number of rotatable bonds is 5. The molecule has 1 aliphatic rings. The maximum atomic E-state index is 11.6. The first-order valence-corrected chi connectivity index (χ1v) is 8.14. The lowest BCUT2D eigenvalue weighted by Gasteiger charge is -2.33. The van der Waals surface area contributed by atoms with Gasteiger partial charge >= 0.3 is 5.97 Å². The van der Waals surface area contributed by atoms with Crippen LogP contribution in [0.5, 0.6) is 5.75 Å². The van der Waals surface area contributed by atoms with Gasteiger partial charge in [0.1, 0.15) is 30.0 Å². The maximum absolute atomic E-state index is 11.6. The van der Waals surface area contributed by atoms with Crippen LogP contribution in [0.3, 0.4) is 0 Å². The summed E-state index contributed by atoms with van der Waals surface area (Å²) in [6.45, 7) is 3.31. The Morgan fingerprint density at radius 1 is 1.33 bits per heavy atom. The number of halogens is 2. The van der Waals surface area contributed by atoms with Crippen LogP contribution in [0.15, 0.2) is 18.2 Å². The molecule has 7 nitrogen and oxygen atoms in total. The summed E-state index contributed by atoms with van der Waals surface area (Å²) in [5.74, 6) is 1.16. The number of hydrogen-bond donors (Lipinski definition) is 1. The van der Waals surface area contributed by atoms with Gasteiger partial charge in [0, 0.05) is 16.6 Å². The highest BCUT2D eigenvalue weighted by atomic mass is 35.5. The van der Waals surface area contributed by atoms with Crippen molar-refractivity contribution in [3.05, 3.63) is 39.9 Å². The van der Waals surface area contributed by atoms with E-state index in [2.05, 4.69) is 10.2 Å². The number of benzene rings is 1. The lowest BCUT2D eigenvalue weighted by atomic mass is 10.2. The summed E-state index contributed by atoms with van der Waals surface area (Å²) in [7, 11) is 0. The van der Waals surface area contributed by atoms with Crippen molar-refractivity contribution in [1.82, 2.24) is 19.7 Å². The minimum Gasteiger partial charge on any atom is -0.492 e. The van der Waals surface area contributed by atoms with E-state index in [-0.39, 0.29) is 0 Å². The van der Waals surface area contributed by atoms with Gasteiger partial charge in [-0.2, -0.15) is 0 Å². The van der Waals surface area contributed by atoms with E-state index in [1.807, 2.05) is 16.4 Å². The van der Waals surface area contributed by atoms with Crippen LogP contribution in [-0.4, -0.2) is 49.9 Å². The molecule has 0 saturated heterocycles. The molecule has 1 aromatic heterocycles. The van der Waals surface area contributed by atoms with Crippen molar-refractivity contribution >= 4 is 29.2 Å². The molecule has 0 radical (unpaired) electrons. The minimum absolute atomic E-state index is 0.313. The molecule has 0 amide bonds. The molecule has 1 atom stereocenters. The number of carboxylic acids is 1. The van der Waals surface area contributed by atoms with Gasteiger partial charge in [-0.15, -0.1) is 10.2 Å². The number of nitrogens with zero attached hydrogens (tertiary/aromatic N) is 4. The van der Waals surface area contributed by atoms with Crippen molar-refractivity contribution in [1.29, 1.82) is 0 Å². The lowest BCUT2D eigenvalue weighted by Crippen LogP contribution is -2.49. The summed E-state index contributed by atoms with van der Waals surface area (Å²) in [5.41, 5.74) is 0. The Bertz CT molecular complexity index is 745. The quantitative estimate of drug-likeness (QED) is 0.868. The fourth-order valence-electron chi connectivity index (χ4n) is 2.72. The summed E-state index contributed by atoms with van der Waals surface area (Å²) in [5, 5.41) is 18.6. The predicted octanol–water partition coefficient (Wildman–Crippen LogP) is 2.24. The molecule has 1 aromatic carbocycles. The smallest absolute Gasteiger partial charge is 0.322 e. The highest BCUT2D eigenvalue weighted by molar-refractivity contribution is 6.34. The van der Waals surface area contributed by atoms with E-state index in [4.69, 9.17) is 27.9 Å². The Labute approximate surface area is 148 Å². The normalized spacial score (nSPS) is 17.5. The third kappa shape index (κ3) is 3.63. The van der Waals surface area contributed by atoms with E-state index in [1.165, 1.54) is 0 Å². The van der Waals surface area contributed by atoms with Crippen LogP contribution in [0.2, 0.25) is 10.0 Å². The number of aryl methyl sites for hydroxylation is 1. The monoisotopic (exact) mass is 370 g/mol. The molecule has 2 heterocycles. The number of carboxylic acid groups (broad SMARTS) is 1. The van der Waals surface area contributed by atoms with Gasteiger partial charge in [-0.25, -0.2) is 0 Å². The fourth-order valence-corrected chi connectivity index (χ4v) is 3.23. The summed E-state index contributed by atoms with van der Waals surface area (Å²) < 4.78 is 7.49.